The van der Waals surface area contributed by atoms with Crippen LogP contribution in [0.1, 0.15) is 13.3 Å². The lowest BCUT2D eigenvalue weighted by atomic mass is 10.00. The maximum absolute atomic E-state index is 10.0. The molecule has 2 heteroatoms. The average molecular weight is 123 g/mol. The summed E-state index contributed by atoms with van der Waals surface area (Å²) in [5, 5.41) is 2.89. The SMILES string of the molecule is CC1CC=CC=C1N=O. The van der Waals surface area contributed by atoms with Crippen LogP contribution in [0.15, 0.2) is 29.1 Å². The minimum atomic E-state index is 0.312. The second-order valence-corrected chi connectivity index (χ2v) is 2.25. The fourth-order valence-electron chi connectivity index (χ4n) is 0.855. The van der Waals surface area contributed by atoms with Crippen molar-refractivity contribution in [3.8, 4) is 0 Å². The molecule has 0 aromatic rings. The van der Waals surface area contributed by atoms with Gasteiger partial charge in [0.05, 0.1) is 5.70 Å². The topological polar surface area (TPSA) is 29.4 Å². The third kappa shape index (κ3) is 1.25. The van der Waals surface area contributed by atoms with Crippen molar-refractivity contribution in [1.29, 1.82) is 0 Å². The van der Waals surface area contributed by atoms with Crippen LogP contribution in [0.5, 0.6) is 0 Å². The Labute approximate surface area is 54.2 Å². The Morgan fingerprint density at radius 2 is 2.56 bits per heavy atom. The third-order valence-electron chi connectivity index (χ3n) is 1.50. The Hall–Kier alpha value is -0.920. The second-order valence-electron chi connectivity index (χ2n) is 2.25. The Bertz CT molecular complexity index is 170. The predicted octanol–water partition coefficient (Wildman–Crippen LogP) is 2.23. The van der Waals surface area contributed by atoms with Gasteiger partial charge in [0.25, 0.3) is 0 Å². The highest BCUT2D eigenvalue weighted by Crippen LogP contribution is 2.19. The summed E-state index contributed by atoms with van der Waals surface area (Å²) in [5.74, 6) is 0.312. The number of rotatable bonds is 1. The van der Waals surface area contributed by atoms with Crippen LogP contribution in [0.25, 0.3) is 0 Å². The Morgan fingerprint density at radius 1 is 1.78 bits per heavy atom. The van der Waals surface area contributed by atoms with Gasteiger partial charge in [-0.1, -0.05) is 19.1 Å². The summed E-state index contributed by atoms with van der Waals surface area (Å²) in [6, 6.07) is 0. The van der Waals surface area contributed by atoms with Crippen LogP contribution in [0.3, 0.4) is 0 Å². The number of nitrogens with zero attached hydrogens (tertiary/aromatic N) is 1. The number of allylic oxidation sites excluding steroid dienone is 4. The Kier molecular flexibility index (Phi) is 1.78. The molecule has 9 heavy (non-hydrogen) atoms. The first kappa shape index (κ1) is 6.20. The molecule has 1 atom stereocenters. The van der Waals surface area contributed by atoms with Crippen LogP contribution in [0.2, 0.25) is 0 Å². The first-order valence-corrected chi connectivity index (χ1v) is 3.04. The molecule has 1 aliphatic carbocycles. The molecule has 0 N–H and O–H groups in total. The lowest BCUT2D eigenvalue weighted by Crippen LogP contribution is -1.97. The lowest BCUT2D eigenvalue weighted by Gasteiger charge is -2.08. The first-order valence-electron chi connectivity index (χ1n) is 3.04. The van der Waals surface area contributed by atoms with Crippen LogP contribution in [-0.2, 0) is 0 Å². The van der Waals surface area contributed by atoms with Crippen molar-refractivity contribution in [2.75, 3.05) is 0 Å². The molecule has 0 aromatic carbocycles. The van der Waals surface area contributed by atoms with Gasteiger partial charge in [0, 0.05) is 5.92 Å². The summed E-state index contributed by atoms with van der Waals surface area (Å²) >= 11 is 0. The summed E-state index contributed by atoms with van der Waals surface area (Å²) in [7, 11) is 0. The van der Waals surface area contributed by atoms with Gasteiger partial charge < -0.3 is 0 Å². The molecule has 0 fully saturated rings. The van der Waals surface area contributed by atoms with Gasteiger partial charge >= 0.3 is 0 Å². The molecular weight excluding hydrogens is 114 g/mol. The van der Waals surface area contributed by atoms with E-state index in [0.29, 0.717) is 11.6 Å². The highest BCUT2D eigenvalue weighted by Gasteiger charge is 2.08. The summed E-state index contributed by atoms with van der Waals surface area (Å²) in [5.41, 5.74) is 0.664. The molecule has 48 valence electrons. The van der Waals surface area contributed by atoms with Crippen LogP contribution in [0.4, 0.5) is 0 Å². The molecule has 0 aromatic heterocycles. The Morgan fingerprint density at radius 3 is 3.00 bits per heavy atom. The highest BCUT2D eigenvalue weighted by molar-refractivity contribution is 5.18. The molecule has 0 heterocycles. The van der Waals surface area contributed by atoms with Gasteiger partial charge in [0.1, 0.15) is 0 Å². The molecule has 1 aliphatic rings. The molecule has 0 saturated carbocycles. The molecule has 0 amide bonds. The smallest absolute Gasteiger partial charge is 0.0880 e. The fraction of sp³-hybridized carbons (Fsp3) is 0.429. The van der Waals surface area contributed by atoms with Crippen molar-refractivity contribution in [2.45, 2.75) is 13.3 Å². The van der Waals surface area contributed by atoms with Crippen molar-refractivity contribution in [2.24, 2.45) is 11.1 Å². The van der Waals surface area contributed by atoms with E-state index in [0.717, 1.165) is 6.42 Å². The summed E-state index contributed by atoms with van der Waals surface area (Å²) < 4.78 is 0. The number of nitroso groups, excluding NO2 is 1. The van der Waals surface area contributed by atoms with E-state index in [2.05, 4.69) is 5.18 Å². The summed E-state index contributed by atoms with van der Waals surface area (Å²) in [4.78, 5) is 10.0. The molecule has 0 aliphatic heterocycles. The Balaban J connectivity index is 2.74. The molecule has 1 rings (SSSR count). The van der Waals surface area contributed by atoms with E-state index < -0.39 is 0 Å². The van der Waals surface area contributed by atoms with Crippen molar-refractivity contribution in [3.63, 3.8) is 0 Å². The zero-order chi connectivity index (χ0) is 6.69. The minimum absolute atomic E-state index is 0.312. The molecule has 0 saturated heterocycles. The van der Waals surface area contributed by atoms with Gasteiger partial charge in [0.15, 0.2) is 0 Å². The summed E-state index contributed by atoms with van der Waals surface area (Å²) in [6.07, 6.45) is 6.62. The molecule has 0 spiro atoms. The zero-order valence-corrected chi connectivity index (χ0v) is 5.37. The van der Waals surface area contributed by atoms with Crippen molar-refractivity contribution >= 4 is 0 Å². The predicted molar refractivity (Wildman–Crippen MR) is 36.8 cm³/mol. The van der Waals surface area contributed by atoms with E-state index in [-0.39, 0.29) is 0 Å². The normalized spacial score (nSPS) is 25.4. The standard InChI is InChI=1S/C7H9NO/c1-6-4-2-3-5-7(6)8-9/h2-3,5-6H,4H2,1H3. The van der Waals surface area contributed by atoms with E-state index in [1.54, 1.807) is 6.08 Å². The lowest BCUT2D eigenvalue weighted by molar-refractivity contribution is 0.676. The molecule has 0 bridgehead atoms. The van der Waals surface area contributed by atoms with Gasteiger partial charge in [-0.3, -0.25) is 0 Å². The van der Waals surface area contributed by atoms with Crippen LogP contribution in [-0.4, -0.2) is 0 Å². The van der Waals surface area contributed by atoms with E-state index in [1.165, 1.54) is 0 Å². The molecule has 0 radical (unpaired) electrons. The van der Waals surface area contributed by atoms with E-state index in [9.17, 15) is 4.91 Å². The summed E-state index contributed by atoms with van der Waals surface area (Å²) in [6.45, 7) is 2.00. The number of hydrogen-bond donors (Lipinski definition) is 0. The van der Waals surface area contributed by atoms with E-state index >= 15 is 0 Å². The van der Waals surface area contributed by atoms with Crippen molar-refractivity contribution in [1.82, 2.24) is 0 Å². The van der Waals surface area contributed by atoms with E-state index in [4.69, 9.17) is 0 Å². The molecule has 2 nitrogen and oxygen atoms in total. The van der Waals surface area contributed by atoms with Gasteiger partial charge in [-0.05, 0) is 17.7 Å². The molecule has 1 unspecified atom stereocenters. The van der Waals surface area contributed by atoms with Gasteiger partial charge in [-0.2, -0.15) is 0 Å². The average Bonchev–Trinajstić information content (AvgIpc) is 1.89. The largest absolute Gasteiger partial charge is 0.145 e. The van der Waals surface area contributed by atoms with Crippen LogP contribution < -0.4 is 0 Å². The second kappa shape index (κ2) is 2.58. The maximum Gasteiger partial charge on any atom is 0.0880 e. The maximum atomic E-state index is 10.0. The zero-order valence-electron chi connectivity index (χ0n) is 5.37. The van der Waals surface area contributed by atoms with Crippen LogP contribution >= 0.6 is 0 Å². The highest BCUT2D eigenvalue weighted by atomic mass is 16.3. The number of hydrogen-bond acceptors (Lipinski definition) is 2. The first-order chi connectivity index (χ1) is 4.34. The fourth-order valence-corrected chi connectivity index (χ4v) is 0.855. The minimum Gasteiger partial charge on any atom is -0.145 e. The van der Waals surface area contributed by atoms with Gasteiger partial charge in [0.2, 0.25) is 0 Å². The van der Waals surface area contributed by atoms with Crippen LogP contribution in [0, 0.1) is 10.8 Å². The molecular formula is C7H9NO. The van der Waals surface area contributed by atoms with E-state index in [1.807, 2.05) is 19.1 Å². The third-order valence-corrected chi connectivity index (χ3v) is 1.50. The van der Waals surface area contributed by atoms with Gasteiger partial charge in [-0.25, -0.2) is 0 Å². The monoisotopic (exact) mass is 123 g/mol. The quantitative estimate of drug-likeness (QED) is 0.491. The van der Waals surface area contributed by atoms with Gasteiger partial charge in [-0.15, -0.1) is 4.91 Å². The van der Waals surface area contributed by atoms with Crippen molar-refractivity contribution < 1.29 is 0 Å². The van der Waals surface area contributed by atoms with Crippen molar-refractivity contribution in [3.05, 3.63) is 28.8 Å².